The van der Waals surface area contributed by atoms with Crippen LogP contribution in [-0.2, 0) is 13.0 Å². The third-order valence-electron chi connectivity index (χ3n) is 4.12. The Bertz CT molecular complexity index is 675. The topological polar surface area (TPSA) is 36.4 Å². The Morgan fingerprint density at radius 3 is 2.75 bits per heavy atom. The molecule has 0 bridgehead atoms. The van der Waals surface area contributed by atoms with Gasteiger partial charge in [-0.3, -0.25) is 0 Å². The van der Waals surface area contributed by atoms with Gasteiger partial charge in [0.1, 0.15) is 0 Å². The number of rotatable bonds is 1. The van der Waals surface area contributed by atoms with Crippen LogP contribution in [0.15, 0.2) is 53.5 Å². The summed E-state index contributed by atoms with van der Waals surface area (Å²) in [4.78, 5) is 4.60. The Morgan fingerprint density at radius 1 is 1.00 bits per heavy atom. The van der Waals surface area contributed by atoms with Crippen molar-refractivity contribution in [3.05, 3.63) is 65.2 Å². The lowest BCUT2D eigenvalue weighted by atomic mass is 10.1. The van der Waals surface area contributed by atoms with E-state index in [4.69, 9.17) is 0 Å². The highest BCUT2D eigenvalue weighted by Gasteiger charge is 2.23. The molecule has 3 nitrogen and oxygen atoms in total. The minimum absolute atomic E-state index is 0.378. The first kappa shape index (κ1) is 11.5. The molecule has 1 aliphatic carbocycles. The maximum Gasteiger partial charge on any atom is 0.196 e. The molecule has 20 heavy (non-hydrogen) atoms. The van der Waals surface area contributed by atoms with Gasteiger partial charge in [0.05, 0.1) is 12.6 Å². The normalized spacial score (nSPS) is 19.6. The molecular weight excluding hydrogens is 246 g/mol. The average molecular weight is 263 g/mol. The number of aryl methyl sites for hydroxylation is 1. The Balaban J connectivity index is 1.53. The van der Waals surface area contributed by atoms with Crippen molar-refractivity contribution in [1.29, 1.82) is 0 Å². The molecule has 2 aromatic carbocycles. The van der Waals surface area contributed by atoms with Gasteiger partial charge in [-0.25, -0.2) is 4.99 Å². The van der Waals surface area contributed by atoms with Gasteiger partial charge >= 0.3 is 0 Å². The van der Waals surface area contributed by atoms with E-state index in [1.165, 1.54) is 16.7 Å². The van der Waals surface area contributed by atoms with Crippen LogP contribution in [0.4, 0.5) is 5.69 Å². The van der Waals surface area contributed by atoms with Crippen molar-refractivity contribution in [3.63, 3.8) is 0 Å². The summed E-state index contributed by atoms with van der Waals surface area (Å²) >= 11 is 0. The molecular formula is C17H17N3. The number of fused-ring (bicyclic) bond motifs is 2. The molecule has 1 aliphatic heterocycles. The fourth-order valence-electron chi connectivity index (χ4n) is 3.07. The molecule has 2 aromatic rings. The first-order valence-corrected chi connectivity index (χ1v) is 7.14. The van der Waals surface area contributed by atoms with Crippen LogP contribution >= 0.6 is 0 Å². The van der Waals surface area contributed by atoms with E-state index in [1.54, 1.807) is 0 Å². The summed E-state index contributed by atoms with van der Waals surface area (Å²) in [5.74, 6) is 0.894. The Hall–Kier alpha value is -2.29. The Morgan fingerprint density at radius 2 is 1.80 bits per heavy atom. The van der Waals surface area contributed by atoms with Crippen LogP contribution in [-0.4, -0.2) is 5.96 Å². The maximum absolute atomic E-state index is 4.60. The number of para-hydroxylation sites is 1. The van der Waals surface area contributed by atoms with Crippen molar-refractivity contribution >= 4 is 11.6 Å². The van der Waals surface area contributed by atoms with Crippen molar-refractivity contribution in [2.24, 2.45) is 4.99 Å². The summed E-state index contributed by atoms with van der Waals surface area (Å²) in [6.45, 7) is 0.750. The van der Waals surface area contributed by atoms with Crippen molar-refractivity contribution in [1.82, 2.24) is 5.32 Å². The van der Waals surface area contributed by atoms with E-state index in [2.05, 4.69) is 64.2 Å². The van der Waals surface area contributed by atoms with Gasteiger partial charge in [-0.1, -0.05) is 42.5 Å². The summed E-state index contributed by atoms with van der Waals surface area (Å²) in [7, 11) is 0. The average Bonchev–Trinajstić information content (AvgIpc) is 2.91. The fourth-order valence-corrected chi connectivity index (χ4v) is 3.07. The Labute approximate surface area is 118 Å². The molecule has 1 atom stereocenters. The third kappa shape index (κ3) is 1.95. The van der Waals surface area contributed by atoms with Crippen LogP contribution in [0.1, 0.15) is 29.2 Å². The number of nitrogens with one attached hydrogen (secondary N) is 2. The largest absolute Gasteiger partial charge is 0.349 e. The first-order chi connectivity index (χ1) is 9.90. The van der Waals surface area contributed by atoms with E-state index in [9.17, 15) is 0 Å². The van der Waals surface area contributed by atoms with E-state index in [1.807, 2.05) is 0 Å². The van der Waals surface area contributed by atoms with Crippen molar-refractivity contribution < 1.29 is 0 Å². The number of hydrogen-bond acceptors (Lipinski definition) is 3. The second-order valence-corrected chi connectivity index (χ2v) is 5.38. The van der Waals surface area contributed by atoms with E-state index in [0.29, 0.717) is 6.04 Å². The van der Waals surface area contributed by atoms with E-state index in [-0.39, 0.29) is 0 Å². The highest BCUT2D eigenvalue weighted by atomic mass is 15.2. The number of aliphatic imine (C=N–C) groups is 1. The molecule has 0 saturated heterocycles. The summed E-state index contributed by atoms with van der Waals surface area (Å²) in [5.41, 5.74) is 5.29. The van der Waals surface area contributed by atoms with Gasteiger partial charge in [0, 0.05) is 5.69 Å². The molecule has 0 fully saturated rings. The Kier molecular flexibility index (Phi) is 2.69. The molecule has 0 aromatic heterocycles. The molecule has 100 valence electrons. The van der Waals surface area contributed by atoms with Gasteiger partial charge < -0.3 is 10.6 Å². The van der Waals surface area contributed by atoms with Crippen LogP contribution in [0, 0.1) is 0 Å². The molecule has 2 aliphatic rings. The van der Waals surface area contributed by atoms with Crippen molar-refractivity contribution in [2.75, 3.05) is 5.32 Å². The van der Waals surface area contributed by atoms with Crippen LogP contribution in [0.5, 0.6) is 0 Å². The second kappa shape index (κ2) is 4.67. The summed E-state index contributed by atoms with van der Waals surface area (Å²) in [5, 5.41) is 6.95. The highest BCUT2D eigenvalue weighted by molar-refractivity contribution is 5.96. The number of hydrogen-bond donors (Lipinski definition) is 2. The number of anilines is 1. The lowest BCUT2D eigenvalue weighted by molar-refractivity contribution is 0.636. The molecule has 4 rings (SSSR count). The maximum atomic E-state index is 4.60. The number of guanidine groups is 1. The number of benzene rings is 2. The standard InChI is InChI=1S/C17H17N3/c1-3-7-14-12(5-1)9-10-16(14)20-17-18-11-13-6-2-4-8-15(13)19-17/h1-8,16H,9-11H2,(H2,18,19,20)/t16-/m1/s1. The molecule has 0 saturated carbocycles. The number of nitrogens with zero attached hydrogens (tertiary/aromatic N) is 1. The zero-order valence-corrected chi connectivity index (χ0v) is 11.3. The third-order valence-corrected chi connectivity index (χ3v) is 4.12. The smallest absolute Gasteiger partial charge is 0.196 e. The van der Waals surface area contributed by atoms with E-state index >= 15 is 0 Å². The minimum atomic E-state index is 0.378. The monoisotopic (exact) mass is 263 g/mol. The van der Waals surface area contributed by atoms with Crippen LogP contribution in [0.2, 0.25) is 0 Å². The molecule has 0 amide bonds. The molecule has 0 spiro atoms. The van der Waals surface area contributed by atoms with Gasteiger partial charge in [0.15, 0.2) is 5.96 Å². The lowest BCUT2D eigenvalue weighted by Crippen LogP contribution is -2.35. The van der Waals surface area contributed by atoms with E-state index < -0.39 is 0 Å². The molecule has 1 heterocycles. The minimum Gasteiger partial charge on any atom is -0.349 e. The summed E-state index contributed by atoms with van der Waals surface area (Å²) < 4.78 is 0. The van der Waals surface area contributed by atoms with Gasteiger partial charge in [0.2, 0.25) is 0 Å². The van der Waals surface area contributed by atoms with Crippen molar-refractivity contribution in [2.45, 2.75) is 25.4 Å². The second-order valence-electron chi connectivity index (χ2n) is 5.38. The molecule has 3 heteroatoms. The van der Waals surface area contributed by atoms with Gasteiger partial charge in [0.25, 0.3) is 0 Å². The molecule has 0 radical (unpaired) electrons. The van der Waals surface area contributed by atoms with Crippen molar-refractivity contribution in [3.8, 4) is 0 Å². The summed E-state index contributed by atoms with van der Waals surface area (Å²) in [6.07, 6.45) is 2.29. The van der Waals surface area contributed by atoms with E-state index in [0.717, 1.165) is 31.0 Å². The lowest BCUT2D eigenvalue weighted by Gasteiger charge is -2.22. The molecule has 0 unspecified atom stereocenters. The zero-order valence-electron chi connectivity index (χ0n) is 11.3. The highest BCUT2D eigenvalue weighted by Crippen LogP contribution is 2.31. The van der Waals surface area contributed by atoms with Crippen LogP contribution in [0.25, 0.3) is 0 Å². The zero-order chi connectivity index (χ0) is 13.4. The predicted molar refractivity (Wildman–Crippen MR) is 81.8 cm³/mol. The SMILES string of the molecule is c1ccc2c(c1)CN=C(N[C@@H]1CCc3ccccc31)N2. The first-order valence-electron chi connectivity index (χ1n) is 7.14. The van der Waals surface area contributed by atoms with Gasteiger partial charge in [-0.2, -0.15) is 0 Å². The fraction of sp³-hybridized carbons (Fsp3) is 0.235. The predicted octanol–water partition coefficient (Wildman–Crippen LogP) is 3.25. The van der Waals surface area contributed by atoms with Crippen LogP contribution in [0.3, 0.4) is 0 Å². The van der Waals surface area contributed by atoms with Gasteiger partial charge in [-0.15, -0.1) is 0 Å². The van der Waals surface area contributed by atoms with Crippen LogP contribution < -0.4 is 10.6 Å². The summed E-state index contributed by atoms with van der Waals surface area (Å²) in [6, 6.07) is 17.4. The van der Waals surface area contributed by atoms with Gasteiger partial charge in [-0.05, 0) is 35.6 Å². The quantitative estimate of drug-likeness (QED) is 0.828. The molecule has 2 N–H and O–H groups in total.